The number of rotatable bonds is 2. The van der Waals surface area contributed by atoms with Crippen molar-refractivity contribution in [2.75, 3.05) is 12.3 Å². The number of amides is 1. The van der Waals surface area contributed by atoms with Gasteiger partial charge in [0.2, 0.25) is 0 Å². The van der Waals surface area contributed by atoms with Gasteiger partial charge >= 0.3 is 0 Å². The molecule has 0 aliphatic carbocycles. The minimum atomic E-state index is -0.144. The summed E-state index contributed by atoms with van der Waals surface area (Å²) >= 11 is 1.63. The molecule has 1 aliphatic rings. The van der Waals surface area contributed by atoms with E-state index < -0.39 is 0 Å². The summed E-state index contributed by atoms with van der Waals surface area (Å²) in [5, 5.41) is 4.81. The van der Waals surface area contributed by atoms with Gasteiger partial charge in [0, 0.05) is 24.8 Å². The Balaban J connectivity index is 1.91. The van der Waals surface area contributed by atoms with Gasteiger partial charge in [-0.05, 0) is 19.9 Å². The van der Waals surface area contributed by atoms with Crippen molar-refractivity contribution < 1.29 is 13.7 Å². The van der Waals surface area contributed by atoms with Crippen LogP contribution in [0.4, 0.5) is 0 Å². The molecule has 0 saturated carbocycles. The lowest BCUT2D eigenvalue weighted by atomic mass is 10.2. The van der Waals surface area contributed by atoms with Gasteiger partial charge in [0.1, 0.15) is 12.0 Å². The molecule has 2 aromatic heterocycles. The largest absolute Gasteiger partial charge is 0.448 e. The van der Waals surface area contributed by atoms with Crippen molar-refractivity contribution in [2.24, 2.45) is 0 Å². The van der Waals surface area contributed by atoms with E-state index in [1.165, 1.54) is 6.26 Å². The SMILES string of the molecule is Cc1nc(C(=O)N2CCS/C2=C/c2c(C)noc2C)co1. The first kappa shape index (κ1) is 13.9. The topological polar surface area (TPSA) is 72.4 Å². The maximum Gasteiger partial charge on any atom is 0.280 e. The highest BCUT2D eigenvalue weighted by Crippen LogP contribution is 2.32. The molecule has 0 bridgehead atoms. The predicted molar refractivity (Wildman–Crippen MR) is 78.7 cm³/mol. The van der Waals surface area contributed by atoms with Crippen LogP contribution in [-0.4, -0.2) is 33.2 Å². The van der Waals surface area contributed by atoms with E-state index in [-0.39, 0.29) is 5.91 Å². The zero-order chi connectivity index (χ0) is 15.0. The van der Waals surface area contributed by atoms with Crippen LogP contribution in [0.2, 0.25) is 0 Å². The van der Waals surface area contributed by atoms with E-state index in [0.717, 1.165) is 27.8 Å². The van der Waals surface area contributed by atoms with Crippen LogP contribution in [0.5, 0.6) is 0 Å². The average molecular weight is 305 g/mol. The fourth-order valence-electron chi connectivity index (χ4n) is 2.17. The molecule has 7 heteroatoms. The van der Waals surface area contributed by atoms with Crippen molar-refractivity contribution in [1.82, 2.24) is 15.0 Å². The van der Waals surface area contributed by atoms with E-state index in [2.05, 4.69) is 10.1 Å². The first-order valence-corrected chi connectivity index (χ1v) is 7.56. The van der Waals surface area contributed by atoms with Gasteiger partial charge in [0.25, 0.3) is 5.91 Å². The van der Waals surface area contributed by atoms with Crippen molar-refractivity contribution in [3.63, 3.8) is 0 Å². The molecule has 21 heavy (non-hydrogen) atoms. The summed E-state index contributed by atoms with van der Waals surface area (Å²) in [7, 11) is 0. The van der Waals surface area contributed by atoms with Crippen molar-refractivity contribution in [2.45, 2.75) is 20.8 Å². The fourth-order valence-corrected chi connectivity index (χ4v) is 3.18. The number of hydrogen-bond donors (Lipinski definition) is 0. The average Bonchev–Trinajstić information content (AvgIpc) is 3.15. The molecule has 6 nitrogen and oxygen atoms in total. The van der Waals surface area contributed by atoms with Gasteiger partial charge < -0.3 is 13.8 Å². The van der Waals surface area contributed by atoms with Crippen LogP contribution in [0.25, 0.3) is 6.08 Å². The zero-order valence-electron chi connectivity index (χ0n) is 12.0. The van der Waals surface area contributed by atoms with Crippen molar-refractivity contribution in [3.05, 3.63) is 39.9 Å². The lowest BCUT2D eigenvalue weighted by Gasteiger charge is -2.15. The Morgan fingerprint density at radius 1 is 1.43 bits per heavy atom. The summed E-state index contributed by atoms with van der Waals surface area (Å²) in [6, 6.07) is 0. The van der Waals surface area contributed by atoms with Crippen molar-refractivity contribution in [1.29, 1.82) is 0 Å². The molecule has 3 heterocycles. The second-order valence-electron chi connectivity index (χ2n) is 4.78. The van der Waals surface area contributed by atoms with Crippen LogP contribution in [0.3, 0.4) is 0 Å². The first-order chi connectivity index (χ1) is 10.1. The van der Waals surface area contributed by atoms with E-state index in [4.69, 9.17) is 8.94 Å². The first-order valence-electron chi connectivity index (χ1n) is 6.57. The Kier molecular flexibility index (Phi) is 3.59. The van der Waals surface area contributed by atoms with Crippen molar-refractivity contribution in [3.8, 4) is 0 Å². The fraction of sp³-hybridized carbons (Fsp3) is 0.357. The number of aryl methyl sites for hydroxylation is 3. The molecule has 0 atom stereocenters. The Morgan fingerprint density at radius 2 is 2.24 bits per heavy atom. The molecular weight excluding hydrogens is 290 g/mol. The minimum absolute atomic E-state index is 0.144. The van der Waals surface area contributed by atoms with Crippen LogP contribution in [0, 0.1) is 20.8 Å². The highest BCUT2D eigenvalue weighted by atomic mass is 32.2. The normalized spacial score (nSPS) is 16.9. The number of nitrogens with zero attached hydrogens (tertiary/aromatic N) is 3. The molecule has 1 amide bonds. The number of thioether (sulfide) groups is 1. The summed E-state index contributed by atoms with van der Waals surface area (Å²) in [5.41, 5.74) is 2.07. The van der Waals surface area contributed by atoms with Gasteiger partial charge in [-0.15, -0.1) is 11.8 Å². The van der Waals surface area contributed by atoms with Gasteiger partial charge in [0.15, 0.2) is 11.6 Å². The third kappa shape index (κ3) is 2.61. The monoisotopic (exact) mass is 305 g/mol. The van der Waals surface area contributed by atoms with Crippen LogP contribution >= 0.6 is 11.8 Å². The van der Waals surface area contributed by atoms with Gasteiger partial charge in [-0.3, -0.25) is 4.79 Å². The molecule has 0 N–H and O–H groups in total. The van der Waals surface area contributed by atoms with E-state index in [1.54, 1.807) is 23.6 Å². The molecule has 3 rings (SSSR count). The number of carbonyl (C=O) groups is 1. The van der Waals surface area contributed by atoms with E-state index in [9.17, 15) is 4.79 Å². The smallest absolute Gasteiger partial charge is 0.280 e. The van der Waals surface area contributed by atoms with Crippen LogP contribution in [0.1, 0.15) is 33.4 Å². The number of carbonyl (C=O) groups excluding carboxylic acids is 1. The molecular formula is C14H15N3O3S. The Labute approximate surface area is 126 Å². The molecule has 1 aliphatic heterocycles. The highest BCUT2D eigenvalue weighted by molar-refractivity contribution is 8.03. The molecule has 0 spiro atoms. The maximum atomic E-state index is 12.5. The number of oxazole rings is 1. The second kappa shape index (κ2) is 5.40. The highest BCUT2D eigenvalue weighted by Gasteiger charge is 2.27. The molecule has 0 radical (unpaired) electrons. The number of hydrogen-bond acceptors (Lipinski definition) is 6. The molecule has 0 aromatic carbocycles. The summed E-state index contributed by atoms with van der Waals surface area (Å²) in [4.78, 5) is 18.3. The van der Waals surface area contributed by atoms with E-state index in [0.29, 0.717) is 18.1 Å². The summed E-state index contributed by atoms with van der Waals surface area (Å²) in [5.74, 6) is 1.95. The third-order valence-electron chi connectivity index (χ3n) is 3.27. The summed E-state index contributed by atoms with van der Waals surface area (Å²) in [6.07, 6.45) is 3.35. The minimum Gasteiger partial charge on any atom is -0.448 e. The third-order valence-corrected chi connectivity index (χ3v) is 4.29. The Bertz CT molecular complexity index is 697. The molecule has 1 fully saturated rings. The van der Waals surface area contributed by atoms with Gasteiger partial charge in [0.05, 0.1) is 10.7 Å². The summed E-state index contributed by atoms with van der Waals surface area (Å²) in [6.45, 7) is 6.12. The molecule has 1 saturated heterocycles. The van der Waals surface area contributed by atoms with Crippen molar-refractivity contribution >= 4 is 23.7 Å². The summed E-state index contributed by atoms with van der Waals surface area (Å²) < 4.78 is 10.3. The van der Waals surface area contributed by atoms with Gasteiger partial charge in [-0.2, -0.15) is 0 Å². The predicted octanol–water partition coefficient (Wildman–Crippen LogP) is 2.78. The Morgan fingerprint density at radius 3 is 2.86 bits per heavy atom. The molecule has 110 valence electrons. The van der Waals surface area contributed by atoms with Crippen LogP contribution < -0.4 is 0 Å². The maximum absolute atomic E-state index is 12.5. The second-order valence-corrected chi connectivity index (χ2v) is 5.89. The number of aromatic nitrogens is 2. The zero-order valence-corrected chi connectivity index (χ0v) is 12.9. The lowest BCUT2D eigenvalue weighted by Crippen LogP contribution is -2.27. The molecule has 2 aromatic rings. The molecule has 0 unspecified atom stereocenters. The van der Waals surface area contributed by atoms with Gasteiger partial charge in [-0.25, -0.2) is 4.98 Å². The quantitative estimate of drug-likeness (QED) is 0.849. The Hall–Kier alpha value is -2.02. The standard InChI is InChI=1S/C14H15N3O3S/c1-8-11(9(2)20-16-8)6-13-17(4-5-21-13)14(18)12-7-19-10(3)15-12/h6-7H,4-5H2,1-3H3/b13-6+. The lowest BCUT2D eigenvalue weighted by molar-refractivity contribution is 0.0825. The van der Waals surface area contributed by atoms with Crippen LogP contribution in [0.15, 0.2) is 20.2 Å². The van der Waals surface area contributed by atoms with E-state index >= 15 is 0 Å². The van der Waals surface area contributed by atoms with Crippen LogP contribution in [-0.2, 0) is 0 Å². The van der Waals surface area contributed by atoms with E-state index in [1.807, 2.05) is 19.9 Å². The van der Waals surface area contributed by atoms with Gasteiger partial charge in [-0.1, -0.05) is 5.16 Å².